The van der Waals surface area contributed by atoms with E-state index < -0.39 is 0 Å². The van der Waals surface area contributed by atoms with Crippen molar-refractivity contribution in [2.75, 3.05) is 20.3 Å². The van der Waals surface area contributed by atoms with Gasteiger partial charge in [0, 0.05) is 20.2 Å². The fourth-order valence-corrected chi connectivity index (χ4v) is 2.40. The lowest BCUT2D eigenvalue weighted by Crippen LogP contribution is -2.25. The third-order valence-corrected chi connectivity index (χ3v) is 3.83. The first-order valence-corrected chi connectivity index (χ1v) is 8.61. The molecular formula is C19H27N3O3. The van der Waals surface area contributed by atoms with Crippen LogP contribution in [0.25, 0.3) is 0 Å². The van der Waals surface area contributed by atoms with Crippen LogP contribution in [-0.2, 0) is 17.8 Å². The molecule has 0 unspecified atom stereocenters. The average molecular weight is 345 g/mol. The number of rotatable bonds is 9. The van der Waals surface area contributed by atoms with Crippen LogP contribution in [-0.4, -0.2) is 36.0 Å². The minimum atomic E-state index is -0.119. The molecule has 2 aromatic rings. The van der Waals surface area contributed by atoms with E-state index in [9.17, 15) is 4.79 Å². The summed E-state index contributed by atoms with van der Waals surface area (Å²) in [5, 5.41) is 7.44. The molecule has 0 saturated carbocycles. The van der Waals surface area contributed by atoms with Gasteiger partial charge in [0.1, 0.15) is 18.1 Å². The number of methoxy groups -OCH3 is 1. The van der Waals surface area contributed by atoms with E-state index in [1.165, 1.54) is 0 Å². The molecule has 2 rings (SSSR count). The molecule has 0 radical (unpaired) electrons. The Hall–Kier alpha value is -2.34. The Morgan fingerprint density at radius 1 is 1.28 bits per heavy atom. The summed E-state index contributed by atoms with van der Waals surface area (Å²) in [6.07, 6.45) is 0. The minimum Gasteiger partial charge on any atom is -0.491 e. The SMILES string of the molecule is CCn1nc(C(C)C)cc1C(=O)NCc1cccc(OCCOC)c1. The van der Waals surface area contributed by atoms with Gasteiger partial charge in [-0.15, -0.1) is 0 Å². The summed E-state index contributed by atoms with van der Waals surface area (Å²) in [5.41, 5.74) is 2.51. The molecule has 1 aromatic heterocycles. The van der Waals surface area contributed by atoms with Crippen LogP contribution in [0.3, 0.4) is 0 Å². The molecule has 1 N–H and O–H groups in total. The van der Waals surface area contributed by atoms with E-state index in [4.69, 9.17) is 9.47 Å². The number of hydrogen-bond donors (Lipinski definition) is 1. The Morgan fingerprint density at radius 3 is 2.76 bits per heavy atom. The van der Waals surface area contributed by atoms with E-state index in [2.05, 4.69) is 24.3 Å². The molecule has 0 spiro atoms. The maximum atomic E-state index is 12.5. The third kappa shape index (κ3) is 5.32. The first-order valence-electron chi connectivity index (χ1n) is 8.61. The number of carbonyl (C=O) groups excluding carboxylic acids is 1. The van der Waals surface area contributed by atoms with Gasteiger partial charge in [-0.1, -0.05) is 26.0 Å². The zero-order chi connectivity index (χ0) is 18.2. The molecule has 0 atom stereocenters. The van der Waals surface area contributed by atoms with Crippen LogP contribution in [0.4, 0.5) is 0 Å². The molecule has 0 saturated heterocycles. The molecule has 0 aliphatic carbocycles. The van der Waals surface area contributed by atoms with Crippen LogP contribution in [0.15, 0.2) is 30.3 Å². The van der Waals surface area contributed by atoms with Crippen molar-refractivity contribution in [1.82, 2.24) is 15.1 Å². The summed E-state index contributed by atoms with van der Waals surface area (Å²) in [7, 11) is 1.64. The molecule has 136 valence electrons. The number of ether oxygens (including phenoxy) is 2. The first-order chi connectivity index (χ1) is 12.0. The summed E-state index contributed by atoms with van der Waals surface area (Å²) in [4.78, 5) is 12.5. The van der Waals surface area contributed by atoms with Crippen molar-refractivity contribution < 1.29 is 14.3 Å². The van der Waals surface area contributed by atoms with Gasteiger partial charge in [-0.3, -0.25) is 9.48 Å². The fraction of sp³-hybridized carbons (Fsp3) is 0.474. The minimum absolute atomic E-state index is 0.119. The number of aryl methyl sites for hydroxylation is 1. The lowest BCUT2D eigenvalue weighted by atomic mass is 10.1. The van der Waals surface area contributed by atoms with Gasteiger partial charge in [0.05, 0.1) is 12.3 Å². The monoisotopic (exact) mass is 345 g/mol. The largest absolute Gasteiger partial charge is 0.491 e. The highest BCUT2D eigenvalue weighted by atomic mass is 16.5. The molecule has 1 heterocycles. The second kappa shape index (κ2) is 9.22. The van der Waals surface area contributed by atoms with Gasteiger partial charge in [0.2, 0.25) is 0 Å². The molecule has 1 amide bonds. The van der Waals surface area contributed by atoms with Crippen molar-refractivity contribution in [3.05, 3.63) is 47.3 Å². The predicted octanol–water partition coefficient (Wildman–Crippen LogP) is 2.98. The lowest BCUT2D eigenvalue weighted by molar-refractivity contribution is 0.0940. The van der Waals surface area contributed by atoms with Crippen LogP contribution < -0.4 is 10.1 Å². The lowest BCUT2D eigenvalue weighted by Gasteiger charge is -2.09. The van der Waals surface area contributed by atoms with Crippen LogP contribution in [0.5, 0.6) is 5.75 Å². The number of benzene rings is 1. The summed E-state index contributed by atoms with van der Waals surface area (Å²) >= 11 is 0. The van der Waals surface area contributed by atoms with Gasteiger partial charge in [0.25, 0.3) is 5.91 Å². The van der Waals surface area contributed by atoms with Gasteiger partial charge >= 0.3 is 0 Å². The van der Waals surface area contributed by atoms with E-state index in [-0.39, 0.29) is 5.91 Å². The Kier molecular flexibility index (Phi) is 7.01. The molecule has 0 bridgehead atoms. The van der Waals surface area contributed by atoms with Gasteiger partial charge < -0.3 is 14.8 Å². The van der Waals surface area contributed by atoms with Crippen LogP contribution in [0.2, 0.25) is 0 Å². The molecular weight excluding hydrogens is 318 g/mol. The Bertz CT molecular complexity index is 695. The maximum Gasteiger partial charge on any atom is 0.269 e. The van der Waals surface area contributed by atoms with E-state index in [1.54, 1.807) is 11.8 Å². The first kappa shape index (κ1) is 19.0. The van der Waals surface area contributed by atoms with E-state index in [0.29, 0.717) is 37.9 Å². The summed E-state index contributed by atoms with van der Waals surface area (Å²) < 4.78 is 12.3. The quantitative estimate of drug-likeness (QED) is 0.710. The fourth-order valence-electron chi connectivity index (χ4n) is 2.40. The third-order valence-electron chi connectivity index (χ3n) is 3.83. The number of nitrogens with one attached hydrogen (secondary N) is 1. The Morgan fingerprint density at radius 2 is 2.08 bits per heavy atom. The second-order valence-electron chi connectivity index (χ2n) is 6.10. The highest BCUT2D eigenvalue weighted by molar-refractivity contribution is 5.92. The number of hydrogen-bond acceptors (Lipinski definition) is 4. The van der Waals surface area contributed by atoms with Crippen LogP contribution in [0, 0.1) is 0 Å². The summed E-state index contributed by atoms with van der Waals surface area (Å²) in [6.45, 7) is 8.26. The van der Waals surface area contributed by atoms with E-state index >= 15 is 0 Å². The van der Waals surface area contributed by atoms with Crippen molar-refractivity contribution in [3.8, 4) is 5.75 Å². The molecule has 6 heteroatoms. The topological polar surface area (TPSA) is 65.4 Å². The van der Waals surface area contributed by atoms with E-state index in [1.807, 2.05) is 37.3 Å². The molecule has 6 nitrogen and oxygen atoms in total. The zero-order valence-electron chi connectivity index (χ0n) is 15.4. The molecule has 0 aliphatic rings. The number of amides is 1. The molecule has 0 aliphatic heterocycles. The Labute approximate surface area is 149 Å². The van der Waals surface area contributed by atoms with E-state index in [0.717, 1.165) is 17.0 Å². The van der Waals surface area contributed by atoms with Crippen LogP contribution >= 0.6 is 0 Å². The number of aromatic nitrogens is 2. The molecule has 0 fully saturated rings. The molecule has 25 heavy (non-hydrogen) atoms. The normalized spacial score (nSPS) is 10.9. The average Bonchev–Trinajstić information content (AvgIpc) is 3.05. The predicted molar refractivity (Wildman–Crippen MR) is 97.0 cm³/mol. The van der Waals surface area contributed by atoms with Crippen molar-refractivity contribution in [2.45, 2.75) is 39.8 Å². The number of carbonyl (C=O) groups is 1. The smallest absolute Gasteiger partial charge is 0.269 e. The summed E-state index contributed by atoms with van der Waals surface area (Å²) in [5.74, 6) is 0.941. The standard InChI is InChI=1S/C19H27N3O3/c1-5-22-18(12-17(21-22)14(2)3)19(23)20-13-15-7-6-8-16(11-15)25-10-9-24-4/h6-8,11-12,14H,5,9-10,13H2,1-4H3,(H,20,23). The molecule has 1 aromatic carbocycles. The van der Waals surface area contributed by atoms with Crippen molar-refractivity contribution >= 4 is 5.91 Å². The van der Waals surface area contributed by atoms with Gasteiger partial charge in [0.15, 0.2) is 0 Å². The van der Waals surface area contributed by atoms with Gasteiger partial charge in [-0.05, 0) is 36.6 Å². The van der Waals surface area contributed by atoms with Crippen molar-refractivity contribution in [2.24, 2.45) is 0 Å². The van der Waals surface area contributed by atoms with Crippen LogP contribution in [0.1, 0.15) is 48.4 Å². The van der Waals surface area contributed by atoms with Crippen molar-refractivity contribution in [1.29, 1.82) is 0 Å². The van der Waals surface area contributed by atoms with Gasteiger partial charge in [-0.25, -0.2) is 0 Å². The summed E-state index contributed by atoms with van der Waals surface area (Å²) in [6, 6.07) is 9.55. The highest BCUT2D eigenvalue weighted by Crippen LogP contribution is 2.16. The van der Waals surface area contributed by atoms with Gasteiger partial charge in [-0.2, -0.15) is 5.10 Å². The highest BCUT2D eigenvalue weighted by Gasteiger charge is 2.15. The number of nitrogens with zero attached hydrogens (tertiary/aromatic N) is 2. The Balaban J connectivity index is 1.99. The second-order valence-corrected chi connectivity index (χ2v) is 6.10. The zero-order valence-corrected chi connectivity index (χ0v) is 15.4. The maximum absolute atomic E-state index is 12.5. The van der Waals surface area contributed by atoms with Crippen molar-refractivity contribution in [3.63, 3.8) is 0 Å².